The fourth-order valence-electron chi connectivity index (χ4n) is 1.09. The Bertz CT molecular complexity index is 242. The van der Waals surface area contributed by atoms with Gasteiger partial charge in [0.05, 0.1) is 0 Å². The average molecular weight is 176 g/mol. The molecule has 1 aromatic heterocycles. The summed E-state index contributed by atoms with van der Waals surface area (Å²) >= 11 is 0. The molecule has 0 amide bonds. The Morgan fingerprint density at radius 1 is 1.38 bits per heavy atom. The van der Waals surface area contributed by atoms with Crippen LogP contribution in [0.3, 0.4) is 0 Å². The molecular formula is C11H16N2. The van der Waals surface area contributed by atoms with Gasteiger partial charge in [-0.2, -0.15) is 0 Å². The highest BCUT2D eigenvalue weighted by Gasteiger charge is 1.88. The minimum Gasteiger partial charge on any atom is -0.312 e. The summed E-state index contributed by atoms with van der Waals surface area (Å²) in [6, 6.07) is 4.06. The van der Waals surface area contributed by atoms with Crippen LogP contribution in [0.15, 0.2) is 36.7 Å². The zero-order valence-corrected chi connectivity index (χ0v) is 8.03. The van der Waals surface area contributed by atoms with E-state index in [9.17, 15) is 0 Å². The third-order valence-electron chi connectivity index (χ3n) is 1.80. The standard InChI is InChI=1S/C11H16N2/c1-2-3-4-7-13-10-11-5-8-12-9-6-11/h2-3,5-6,8-9,13H,4,7,10H2,1H3/b3-2+. The normalized spacial score (nSPS) is 10.8. The van der Waals surface area contributed by atoms with Crippen molar-refractivity contribution in [2.24, 2.45) is 0 Å². The van der Waals surface area contributed by atoms with Gasteiger partial charge in [0.25, 0.3) is 0 Å². The quantitative estimate of drug-likeness (QED) is 0.549. The molecule has 0 bridgehead atoms. The second kappa shape index (κ2) is 6.38. The van der Waals surface area contributed by atoms with E-state index >= 15 is 0 Å². The largest absolute Gasteiger partial charge is 0.312 e. The van der Waals surface area contributed by atoms with Crippen molar-refractivity contribution in [1.82, 2.24) is 10.3 Å². The number of pyridine rings is 1. The highest BCUT2D eigenvalue weighted by molar-refractivity contribution is 5.08. The van der Waals surface area contributed by atoms with Gasteiger partial charge in [0.15, 0.2) is 0 Å². The van der Waals surface area contributed by atoms with Gasteiger partial charge in [-0.05, 0) is 37.6 Å². The summed E-state index contributed by atoms with van der Waals surface area (Å²) < 4.78 is 0. The van der Waals surface area contributed by atoms with E-state index in [4.69, 9.17) is 0 Å². The van der Waals surface area contributed by atoms with E-state index in [2.05, 4.69) is 22.5 Å². The van der Waals surface area contributed by atoms with Gasteiger partial charge in [-0.1, -0.05) is 12.2 Å². The first-order valence-corrected chi connectivity index (χ1v) is 4.64. The predicted molar refractivity (Wildman–Crippen MR) is 55.4 cm³/mol. The van der Waals surface area contributed by atoms with Crippen molar-refractivity contribution in [3.63, 3.8) is 0 Å². The molecule has 0 radical (unpaired) electrons. The zero-order chi connectivity index (χ0) is 9.36. The smallest absolute Gasteiger partial charge is 0.0271 e. The van der Waals surface area contributed by atoms with E-state index in [0.717, 1.165) is 19.5 Å². The summed E-state index contributed by atoms with van der Waals surface area (Å²) in [6.45, 7) is 4.01. The minimum absolute atomic E-state index is 0.931. The van der Waals surface area contributed by atoms with Crippen LogP contribution in [-0.4, -0.2) is 11.5 Å². The molecule has 1 rings (SSSR count). The predicted octanol–water partition coefficient (Wildman–Crippen LogP) is 2.14. The average Bonchev–Trinajstić information content (AvgIpc) is 2.19. The molecule has 0 saturated carbocycles. The molecule has 2 nitrogen and oxygen atoms in total. The lowest BCUT2D eigenvalue weighted by Gasteiger charge is -2.01. The second-order valence-corrected chi connectivity index (χ2v) is 2.89. The van der Waals surface area contributed by atoms with Crippen LogP contribution in [0, 0.1) is 0 Å². The Balaban J connectivity index is 2.13. The van der Waals surface area contributed by atoms with Gasteiger partial charge in [-0.3, -0.25) is 4.98 Å². The second-order valence-electron chi connectivity index (χ2n) is 2.89. The first-order valence-electron chi connectivity index (χ1n) is 4.64. The lowest BCUT2D eigenvalue weighted by molar-refractivity contribution is 0.694. The van der Waals surface area contributed by atoms with Crippen LogP contribution in [0.1, 0.15) is 18.9 Å². The maximum absolute atomic E-state index is 3.96. The molecule has 70 valence electrons. The molecule has 0 atom stereocenters. The Labute approximate surface area is 79.7 Å². The molecule has 0 aliphatic rings. The third kappa shape index (κ3) is 4.43. The SMILES string of the molecule is C/C=C/CCNCc1ccncc1. The van der Waals surface area contributed by atoms with Crippen LogP contribution >= 0.6 is 0 Å². The van der Waals surface area contributed by atoms with Crippen molar-refractivity contribution in [3.8, 4) is 0 Å². The molecule has 0 spiro atoms. The van der Waals surface area contributed by atoms with Gasteiger partial charge < -0.3 is 5.32 Å². The first-order chi connectivity index (χ1) is 6.43. The summed E-state index contributed by atoms with van der Waals surface area (Å²) in [5.74, 6) is 0. The molecule has 2 heteroatoms. The Morgan fingerprint density at radius 2 is 2.15 bits per heavy atom. The summed E-state index contributed by atoms with van der Waals surface area (Å²) in [5.41, 5.74) is 1.29. The van der Waals surface area contributed by atoms with E-state index in [1.54, 1.807) is 0 Å². The fraction of sp³-hybridized carbons (Fsp3) is 0.364. The Morgan fingerprint density at radius 3 is 2.85 bits per heavy atom. The lowest BCUT2D eigenvalue weighted by Crippen LogP contribution is -2.13. The number of allylic oxidation sites excluding steroid dienone is 1. The summed E-state index contributed by atoms with van der Waals surface area (Å²) in [4.78, 5) is 3.96. The van der Waals surface area contributed by atoms with Crippen molar-refractivity contribution in [3.05, 3.63) is 42.2 Å². The maximum Gasteiger partial charge on any atom is 0.0271 e. The lowest BCUT2D eigenvalue weighted by atomic mass is 10.2. The van der Waals surface area contributed by atoms with Crippen molar-refractivity contribution in [1.29, 1.82) is 0 Å². The van der Waals surface area contributed by atoms with Gasteiger partial charge in [0.1, 0.15) is 0 Å². The number of hydrogen-bond acceptors (Lipinski definition) is 2. The number of rotatable bonds is 5. The number of hydrogen-bond donors (Lipinski definition) is 1. The summed E-state index contributed by atoms with van der Waals surface area (Å²) in [5, 5.41) is 3.36. The van der Waals surface area contributed by atoms with E-state index in [-0.39, 0.29) is 0 Å². The van der Waals surface area contributed by atoms with Gasteiger partial charge in [0.2, 0.25) is 0 Å². The molecule has 0 unspecified atom stereocenters. The molecule has 1 N–H and O–H groups in total. The zero-order valence-electron chi connectivity index (χ0n) is 8.03. The molecule has 1 aromatic rings. The molecule has 13 heavy (non-hydrogen) atoms. The van der Waals surface area contributed by atoms with Gasteiger partial charge in [-0.25, -0.2) is 0 Å². The number of nitrogens with one attached hydrogen (secondary N) is 1. The minimum atomic E-state index is 0.931. The van der Waals surface area contributed by atoms with Crippen LogP contribution in [0.2, 0.25) is 0 Å². The highest BCUT2D eigenvalue weighted by atomic mass is 14.8. The Kier molecular flexibility index (Phi) is 4.87. The van der Waals surface area contributed by atoms with E-state index < -0.39 is 0 Å². The van der Waals surface area contributed by atoms with Crippen LogP contribution in [0.25, 0.3) is 0 Å². The van der Waals surface area contributed by atoms with Crippen LogP contribution < -0.4 is 5.32 Å². The Hall–Kier alpha value is -1.15. The molecule has 0 aliphatic carbocycles. The summed E-state index contributed by atoms with van der Waals surface area (Å²) in [7, 11) is 0. The van der Waals surface area contributed by atoms with E-state index in [0.29, 0.717) is 0 Å². The first kappa shape index (κ1) is 9.93. The maximum atomic E-state index is 3.96. The molecule has 0 aromatic carbocycles. The van der Waals surface area contributed by atoms with Crippen molar-refractivity contribution in [2.45, 2.75) is 19.9 Å². The molecule has 0 aliphatic heterocycles. The van der Waals surface area contributed by atoms with E-state index in [1.807, 2.05) is 31.5 Å². The van der Waals surface area contributed by atoms with Gasteiger partial charge >= 0.3 is 0 Å². The van der Waals surface area contributed by atoms with Crippen molar-refractivity contribution in [2.75, 3.05) is 6.54 Å². The topological polar surface area (TPSA) is 24.9 Å². The molecule has 1 heterocycles. The van der Waals surface area contributed by atoms with Gasteiger partial charge in [0, 0.05) is 18.9 Å². The molecule has 0 fully saturated rings. The van der Waals surface area contributed by atoms with Crippen LogP contribution in [0.4, 0.5) is 0 Å². The van der Waals surface area contributed by atoms with Crippen LogP contribution in [-0.2, 0) is 6.54 Å². The number of aromatic nitrogens is 1. The highest BCUT2D eigenvalue weighted by Crippen LogP contribution is 1.94. The van der Waals surface area contributed by atoms with Crippen molar-refractivity contribution < 1.29 is 0 Å². The van der Waals surface area contributed by atoms with Crippen LogP contribution in [0.5, 0.6) is 0 Å². The monoisotopic (exact) mass is 176 g/mol. The number of nitrogens with zero attached hydrogens (tertiary/aromatic N) is 1. The van der Waals surface area contributed by atoms with E-state index in [1.165, 1.54) is 5.56 Å². The van der Waals surface area contributed by atoms with Crippen molar-refractivity contribution >= 4 is 0 Å². The third-order valence-corrected chi connectivity index (χ3v) is 1.80. The summed E-state index contributed by atoms with van der Waals surface area (Å²) in [6.07, 6.45) is 8.99. The molecule has 0 saturated heterocycles. The fourth-order valence-corrected chi connectivity index (χ4v) is 1.09. The van der Waals surface area contributed by atoms with Gasteiger partial charge in [-0.15, -0.1) is 0 Å². The molecular weight excluding hydrogens is 160 g/mol.